The van der Waals surface area contributed by atoms with Gasteiger partial charge in [-0.2, -0.15) is 5.10 Å². The molecule has 0 saturated carbocycles. The van der Waals surface area contributed by atoms with Crippen LogP contribution in [-0.4, -0.2) is 65.9 Å². The van der Waals surface area contributed by atoms with Gasteiger partial charge in [0.1, 0.15) is 0 Å². The number of urea groups is 1. The van der Waals surface area contributed by atoms with Gasteiger partial charge in [-0.3, -0.25) is 4.68 Å². The van der Waals surface area contributed by atoms with E-state index in [2.05, 4.69) is 29.3 Å². The monoisotopic (exact) mass is 307 g/mol. The van der Waals surface area contributed by atoms with Crippen LogP contribution in [0, 0.1) is 19.8 Å². The van der Waals surface area contributed by atoms with E-state index < -0.39 is 0 Å². The number of carbonyl (C=O) groups is 1. The van der Waals surface area contributed by atoms with Crippen molar-refractivity contribution >= 4 is 6.03 Å². The number of hydrogen-bond donors (Lipinski definition) is 1. The van der Waals surface area contributed by atoms with E-state index >= 15 is 0 Å². The molecule has 1 aromatic heterocycles. The third-order valence-corrected chi connectivity index (χ3v) is 4.68. The van der Waals surface area contributed by atoms with Crippen LogP contribution in [-0.2, 0) is 13.5 Å². The van der Waals surface area contributed by atoms with Crippen molar-refractivity contribution in [3.63, 3.8) is 0 Å². The summed E-state index contributed by atoms with van der Waals surface area (Å²) in [6.45, 7) is 7.81. The van der Waals surface area contributed by atoms with Crippen molar-refractivity contribution in [1.29, 1.82) is 0 Å². The fraction of sp³-hybridized carbons (Fsp3) is 0.750. The molecule has 1 aliphatic heterocycles. The molecular formula is C16H29N5O. The molecule has 22 heavy (non-hydrogen) atoms. The Morgan fingerprint density at radius 3 is 2.68 bits per heavy atom. The van der Waals surface area contributed by atoms with Crippen molar-refractivity contribution in [2.75, 3.05) is 40.3 Å². The van der Waals surface area contributed by atoms with Crippen molar-refractivity contribution in [3.05, 3.63) is 17.0 Å². The average Bonchev–Trinajstić information content (AvgIpc) is 2.96. The Labute approximate surface area is 133 Å². The number of rotatable bonds is 5. The van der Waals surface area contributed by atoms with Gasteiger partial charge < -0.3 is 15.1 Å². The molecule has 0 unspecified atom stereocenters. The lowest BCUT2D eigenvalue weighted by Gasteiger charge is -2.21. The van der Waals surface area contributed by atoms with E-state index in [0.29, 0.717) is 12.5 Å². The van der Waals surface area contributed by atoms with Crippen molar-refractivity contribution in [2.24, 2.45) is 13.0 Å². The lowest BCUT2D eigenvalue weighted by molar-refractivity contribution is 0.200. The van der Waals surface area contributed by atoms with Gasteiger partial charge in [0, 0.05) is 39.4 Å². The van der Waals surface area contributed by atoms with Gasteiger partial charge in [-0.25, -0.2) is 4.79 Å². The summed E-state index contributed by atoms with van der Waals surface area (Å²) < 4.78 is 1.90. The molecule has 2 rings (SSSR count). The van der Waals surface area contributed by atoms with Crippen molar-refractivity contribution in [2.45, 2.75) is 26.7 Å². The molecule has 0 bridgehead atoms. The molecule has 0 aromatic carbocycles. The lowest BCUT2D eigenvalue weighted by Crippen LogP contribution is -2.41. The summed E-state index contributed by atoms with van der Waals surface area (Å²) in [6, 6.07) is 0.0220. The predicted molar refractivity (Wildman–Crippen MR) is 88.0 cm³/mol. The van der Waals surface area contributed by atoms with Crippen LogP contribution < -0.4 is 5.32 Å². The van der Waals surface area contributed by atoms with E-state index in [1.807, 2.05) is 30.6 Å². The van der Waals surface area contributed by atoms with Gasteiger partial charge in [0.25, 0.3) is 0 Å². The lowest BCUT2D eigenvalue weighted by atomic mass is 10.1. The summed E-state index contributed by atoms with van der Waals surface area (Å²) in [5.74, 6) is 0.601. The van der Waals surface area contributed by atoms with Crippen LogP contribution in [0.1, 0.15) is 23.4 Å². The van der Waals surface area contributed by atoms with Crippen molar-refractivity contribution in [3.8, 4) is 0 Å². The molecule has 1 aromatic rings. The summed E-state index contributed by atoms with van der Waals surface area (Å²) in [4.78, 5) is 16.3. The minimum Gasteiger partial charge on any atom is -0.338 e. The van der Waals surface area contributed by atoms with Gasteiger partial charge in [0.05, 0.1) is 5.69 Å². The number of amides is 2. The van der Waals surface area contributed by atoms with Crippen molar-refractivity contribution in [1.82, 2.24) is 24.9 Å². The maximum Gasteiger partial charge on any atom is 0.317 e. The van der Waals surface area contributed by atoms with E-state index in [-0.39, 0.29) is 6.03 Å². The van der Waals surface area contributed by atoms with Crippen LogP contribution in [0.5, 0.6) is 0 Å². The number of nitrogens with one attached hydrogen (secondary N) is 1. The number of likely N-dealkylation sites (tertiary alicyclic amines) is 1. The molecule has 0 spiro atoms. The highest BCUT2D eigenvalue weighted by molar-refractivity contribution is 5.73. The second-order valence-electron chi connectivity index (χ2n) is 6.55. The predicted octanol–water partition coefficient (Wildman–Crippen LogP) is 1.17. The van der Waals surface area contributed by atoms with Gasteiger partial charge in [-0.05, 0) is 51.8 Å². The first-order chi connectivity index (χ1) is 10.4. The smallest absolute Gasteiger partial charge is 0.317 e. The normalized spacial score (nSPS) is 18.7. The first kappa shape index (κ1) is 16.8. The number of nitrogens with zero attached hydrogens (tertiary/aromatic N) is 4. The summed E-state index contributed by atoms with van der Waals surface area (Å²) in [5.41, 5.74) is 3.47. The van der Waals surface area contributed by atoms with Crippen LogP contribution in [0.3, 0.4) is 0 Å². The summed E-state index contributed by atoms with van der Waals surface area (Å²) >= 11 is 0. The zero-order valence-corrected chi connectivity index (χ0v) is 14.5. The minimum absolute atomic E-state index is 0.0220. The molecule has 6 heteroatoms. The van der Waals surface area contributed by atoms with Crippen LogP contribution in [0.2, 0.25) is 0 Å². The minimum atomic E-state index is 0.0220. The highest BCUT2D eigenvalue weighted by Crippen LogP contribution is 2.15. The third kappa shape index (κ3) is 4.00. The van der Waals surface area contributed by atoms with Gasteiger partial charge >= 0.3 is 6.03 Å². The average molecular weight is 307 g/mol. The number of hydrogen-bond acceptors (Lipinski definition) is 3. The Hall–Kier alpha value is -1.56. The van der Waals surface area contributed by atoms with Gasteiger partial charge in [-0.1, -0.05) is 0 Å². The summed E-state index contributed by atoms with van der Waals surface area (Å²) in [6.07, 6.45) is 2.01. The standard InChI is InChI=1S/C16H29N5O/c1-12-15(13(2)21(5)18-12)6-8-17-16(22)20(4)11-14-7-9-19(3)10-14/h14H,6-11H2,1-5H3,(H,17,22)/t14-/m1/s1. The molecule has 1 aliphatic rings. The fourth-order valence-corrected chi connectivity index (χ4v) is 3.25. The van der Waals surface area contributed by atoms with E-state index in [1.54, 1.807) is 0 Å². The molecule has 1 fully saturated rings. The topological polar surface area (TPSA) is 53.4 Å². The molecule has 0 radical (unpaired) electrons. The fourth-order valence-electron chi connectivity index (χ4n) is 3.25. The zero-order valence-electron chi connectivity index (χ0n) is 14.5. The third-order valence-electron chi connectivity index (χ3n) is 4.68. The first-order valence-corrected chi connectivity index (χ1v) is 8.05. The van der Waals surface area contributed by atoms with Crippen molar-refractivity contribution < 1.29 is 4.79 Å². The second kappa shape index (κ2) is 7.13. The molecule has 1 saturated heterocycles. The number of aryl methyl sites for hydroxylation is 2. The quantitative estimate of drug-likeness (QED) is 0.888. The van der Waals surface area contributed by atoms with E-state index in [1.165, 1.54) is 17.7 Å². The second-order valence-corrected chi connectivity index (χ2v) is 6.55. The van der Waals surface area contributed by atoms with E-state index in [0.717, 1.165) is 31.7 Å². The summed E-state index contributed by atoms with van der Waals surface area (Å²) in [5, 5.41) is 7.42. The first-order valence-electron chi connectivity index (χ1n) is 8.05. The maximum atomic E-state index is 12.2. The van der Waals surface area contributed by atoms with E-state index in [9.17, 15) is 4.79 Å². The molecule has 6 nitrogen and oxygen atoms in total. The molecule has 1 atom stereocenters. The number of aromatic nitrogens is 2. The maximum absolute atomic E-state index is 12.2. The van der Waals surface area contributed by atoms with Gasteiger partial charge in [0.2, 0.25) is 0 Å². The van der Waals surface area contributed by atoms with Crippen LogP contribution >= 0.6 is 0 Å². The molecule has 124 valence electrons. The molecule has 0 aliphatic carbocycles. The van der Waals surface area contributed by atoms with Crippen LogP contribution in [0.25, 0.3) is 0 Å². The highest BCUT2D eigenvalue weighted by atomic mass is 16.2. The Morgan fingerprint density at radius 2 is 2.14 bits per heavy atom. The SMILES string of the molecule is Cc1nn(C)c(C)c1CCNC(=O)N(C)C[C@@H]1CCN(C)C1. The molecular weight excluding hydrogens is 278 g/mol. The molecule has 2 amide bonds. The Kier molecular flexibility index (Phi) is 5.45. The zero-order chi connectivity index (χ0) is 16.3. The Bertz CT molecular complexity index is 525. The van der Waals surface area contributed by atoms with Crippen LogP contribution in [0.4, 0.5) is 4.79 Å². The highest BCUT2D eigenvalue weighted by Gasteiger charge is 2.22. The molecule has 2 heterocycles. The largest absolute Gasteiger partial charge is 0.338 e. The Morgan fingerprint density at radius 1 is 1.41 bits per heavy atom. The van der Waals surface area contributed by atoms with E-state index in [4.69, 9.17) is 0 Å². The van der Waals surface area contributed by atoms with Gasteiger partial charge in [0.15, 0.2) is 0 Å². The molecule has 1 N–H and O–H groups in total. The Balaban J connectivity index is 1.75. The number of carbonyl (C=O) groups excluding carboxylic acids is 1. The summed E-state index contributed by atoms with van der Waals surface area (Å²) in [7, 11) is 5.98. The van der Waals surface area contributed by atoms with Crippen LogP contribution in [0.15, 0.2) is 0 Å². The van der Waals surface area contributed by atoms with Gasteiger partial charge in [-0.15, -0.1) is 0 Å².